The fraction of sp³-hybridized carbons (Fsp3) is 0.562. The molecule has 1 aromatic carbocycles. The van der Waals surface area contributed by atoms with Crippen molar-refractivity contribution in [3.05, 3.63) is 30.3 Å². The van der Waals surface area contributed by atoms with Crippen molar-refractivity contribution < 1.29 is 13.2 Å². The number of guanidine groups is 1. The van der Waals surface area contributed by atoms with Crippen LogP contribution in [0.4, 0.5) is 0 Å². The highest BCUT2D eigenvalue weighted by Gasteiger charge is 2.28. The van der Waals surface area contributed by atoms with Crippen molar-refractivity contribution >= 4 is 15.8 Å². The summed E-state index contributed by atoms with van der Waals surface area (Å²) in [6.07, 6.45) is 2.54. The molecule has 1 saturated heterocycles. The molecule has 0 saturated carbocycles. The fourth-order valence-corrected chi connectivity index (χ4v) is 4.11. The normalized spacial score (nSPS) is 20.2. The van der Waals surface area contributed by atoms with E-state index in [4.69, 9.17) is 4.74 Å². The van der Waals surface area contributed by atoms with Crippen LogP contribution in [0, 0.1) is 0 Å². The molecule has 0 radical (unpaired) electrons. The molecule has 0 aliphatic carbocycles. The summed E-state index contributed by atoms with van der Waals surface area (Å²) >= 11 is 0. The van der Waals surface area contributed by atoms with Crippen LogP contribution in [-0.2, 0) is 9.84 Å². The molecule has 1 atom stereocenters. The van der Waals surface area contributed by atoms with Gasteiger partial charge in [-0.3, -0.25) is 4.99 Å². The van der Waals surface area contributed by atoms with E-state index in [0.29, 0.717) is 19.0 Å². The zero-order valence-corrected chi connectivity index (χ0v) is 14.3. The third-order valence-electron chi connectivity index (χ3n) is 3.67. The van der Waals surface area contributed by atoms with Crippen LogP contribution < -0.4 is 15.4 Å². The van der Waals surface area contributed by atoms with Crippen LogP contribution in [0.15, 0.2) is 35.3 Å². The number of hydrogen-bond donors (Lipinski definition) is 2. The highest BCUT2D eigenvalue weighted by molar-refractivity contribution is 7.91. The van der Waals surface area contributed by atoms with Gasteiger partial charge in [-0.2, -0.15) is 0 Å². The minimum absolute atomic E-state index is 0.0346. The van der Waals surface area contributed by atoms with E-state index in [1.165, 1.54) is 0 Å². The Morgan fingerprint density at radius 3 is 2.74 bits per heavy atom. The molecule has 1 aliphatic heterocycles. The Kier molecular flexibility index (Phi) is 6.70. The van der Waals surface area contributed by atoms with Gasteiger partial charge in [0.05, 0.1) is 18.1 Å². The first-order valence-electron chi connectivity index (χ1n) is 7.94. The average molecular weight is 339 g/mol. The smallest absolute Gasteiger partial charge is 0.191 e. The van der Waals surface area contributed by atoms with Gasteiger partial charge in [-0.15, -0.1) is 0 Å². The number of hydrogen-bond acceptors (Lipinski definition) is 4. The second-order valence-electron chi connectivity index (χ2n) is 5.61. The Bertz CT molecular complexity index is 602. The molecule has 0 spiro atoms. The highest BCUT2D eigenvalue weighted by Crippen LogP contribution is 2.11. The molecule has 2 rings (SSSR count). The van der Waals surface area contributed by atoms with Crippen LogP contribution in [0.25, 0.3) is 0 Å². The van der Waals surface area contributed by atoms with E-state index in [2.05, 4.69) is 15.6 Å². The van der Waals surface area contributed by atoms with Gasteiger partial charge in [-0.1, -0.05) is 18.2 Å². The van der Waals surface area contributed by atoms with Gasteiger partial charge in [0.1, 0.15) is 5.75 Å². The van der Waals surface area contributed by atoms with Gasteiger partial charge < -0.3 is 15.4 Å². The maximum absolute atomic E-state index is 11.4. The molecule has 6 nitrogen and oxygen atoms in total. The topological polar surface area (TPSA) is 79.8 Å². The number of unbranched alkanes of at least 4 members (excludes halogenated alkanes) is 1. The molecule has 1 aromatic rings. The fourth-order valence-electron chi connectivity index (χ4n) is 2.44. The average Bonchev–Trinajstić information content (AvgIpc) is 2.89. The lowest BCUT2D eigenvalue weighted by molar-refractivity contribution is 0.307. The number of nitrogens with one attached hydrogen (secondary N) is 2. The van der Waals surface area contributed by atoms with Crippen molar-refractivity contribution in [3.8, 4) is 5.75 Å². The first-order valence-corrected chi connectivity index (χ1v) is 9.77. The Morgan fingerprint density at radius 2 is 2.09 bits per heavy atom. The quantitative estimate of drug-likeness (QED) is 0.443. The van der Waals surface area contributed by atoms with Gasteiger partial charge in [0, 0.05) is 19.6 Å². The summed E-state index contributed by atoms with van der Waals surface area (Å²) in [7, 11) is -1.18. The number of sulfone groups is 1. The molecule has 1 heterocycles. The number of nitrogens with zero attached hydrogens (tertiary/aromatic N) is 1. The molecule has 0 amide bonds. The van der Waals surface area contributed by atoms with Crippen LogP contribution in [0.2, 0.25) is 0 Å². The monoisotopic (exact) mass is 339 g/mol. The zero-order valence-electron chi connectivity index (χ0n) is 13.5. The summed E-state index contributed by atoms with van der Waals surface area (Å²) in [5, 5.41) is 6.38. The third-order valence-corrected chi connectivity index (χ3v) is 5.44. The Labute approximate surface area is 138 Å². The molecular weight excluding hydrogens is 314 g/mol. The molecule has 1 unspecified atom stereocenters. The van der Waals surface area contributed by atoms with Crippen LogP contribution in [0.5, 0.6) is 5.75 Å². The number of ether oxygens (including phenoxy) is 1. The Hall–Kier alpha value is -1.76. The summed E-state index contributed by atoms with van der Waals surface area (Å²) in [6, 6.07) is 9.73. The number of benzene rings is 1. The third kappa shape index (κ3) is 6.48. The predicted molar refractivity (Wildman–Crippen MR) is 92.7 cm³/mol. The van der Waals surface area contributed by atoms with E-state index in [1.807, 2.05) is 30.3 Å². The number of rotatable bonds is 7. The minimum atomic E-state index is -2.87. The highest BCUT2D eigenvalue weighted by atomic mass is 32.2. The molecule has 128 valence electrons. The van der Waals surface area contributed by atoms with Crippen LogP contribution in [-0.4, -0.2) is 52.1 Å². The lowest BCUT2D eigenvalue weighted by Gasteiger charge is -2.16. The van der Waals surface area contributed by atoms with E-state index >= 15 is 0 Å². The Balaban J connectivity index is 1.57. The maximum atomic E-state index is 11.4. The number of para-hydroxylation sites is 1. The Morgan fingerprint density at radius 1 is 1.30 bits per heavy atom. The SMILES string of the molecule is CN=C(NCCCCOc1ccccc1)NC1CCS(=O)(=O)C1. The molecule has 2 N–H and O–H groups in total. The second-order valence-corrected chi connectivity index (χ2v) is 7.84. The molecule has 0 bridgehead atoms. The van der Waals surface area contributed by atoms with Crippen LogP contribution >= 0.6 is 0 Å². The van der Waals surface area contributed by atoms with Crippen LogP contribution in [0.3, 0.4) is 0 Å². The molecule has 1 aliphatic rings. The standard InChI is InChI=1S/C16H25N3O3S/c1-17-16(19-14-9-12-23(20,21)13-14)18-10-5-6-11-22-15-7-3-2-4-8-15/h2-4,7-8,14H,5-6,9-13H2,1H3,(H2,17,18,19). The van der Waals surface area contributed by atoms with Crippen molar-refractivity contribution in [2.75, 3.05) is 31.7 Å². The van der Waals surface area contributed by atoms with Crippen LogP contribution in [0.1, 0.15) is 19.3 Å². The van der Waals surface area contributed by atoms with E-state index in [0.717, 1.165) is 25.1 Å². The summed E-state index contributed by atoms with van der Waals surface area (Å²) < 4.78 is 28.5. The van der Waals surface area contributed by atoms with E-state index in [1.54, 1.807) is 7.05 Å². The van der Waals surface area contributed by atoms with Crippen molar-refractivity contribution in [1.29, 1.82) is 0 Å². The van der Waals surface area contributed by atoms with E-state index in [-0.39, 0.29) is 17.5 Å². The van der Waals surface area contributed by atoms with Crippen molar-refractivity contribution in [1.82, 2.24) is 10.6 Å². The first-order chi connectivity index (χ1) is 11.1. The lowest BCUT2D eigenvalue weighted by Crippen LogP contribution is -2.44. The van der Waals surface area contributed by atoms with E-state index < -0.39 is 9.84 Å². The minimum Gasteiger partial charge on any atom is -0.494 e. The second kappa shape index (κ2) is 8.76. The van der Waals surface area contributed by atoms with Crippen molar-refractivity contribution in [2.24, 2.45) is 4.99 Å². The predicted octanol–water partition coefficient (Wildman–Crippen LogP) is 1.20. The summed E-state index contributed by atoms with van der Waals surface area (Å²) in [6.45, 7) is 1.45. The van der Waals surface area contributed by atoms with Gasteiger partial charge in [-0.05, 0) is 31.4 Å². The zero-order chi connectivity index (χ0) is 16.5. The van der Waals surface area contributed by atoms with Crippen molar-refractivity contribution in [3.63, 3.8) is 0 Å². The molecule has 23 heavy (non-hydrogen) atoms. The van der Waals surface area contributed by atoms with Gasteiger partial charge in [0.25, 0.3) is 0 Å². The first kappa shape index (κ1) is 17.6. The van der Waals surface area contributed by atoms with Gasteiger partial charge in [0.2, 0.25) is 0 Å². The van der Waals surface area contributed by atoms with E-state index in [9.17, 15) is 8.42 Å². The largest absolute Gasteiger partial charge is 0.494 e. The molecular formula is C16H25N3O3S. The molecule has 7 heteroatoms. The van der Waals surface area contributed by atoms with Crippen molar-refractivity contribution in [2.45, 2.75) is 25.3 Å². The number of aliphatic imine (C=N–C) groups is 1. The summed E-state index contributed by atoms with van der Waals surface area (Å²) in [4.78, 5) is 4.13. The summed E-state index contributed by atoms with van der Waals surface area (Å²) in [5.41, 5.74) is 0. The maximum Gasteiger partial charge on any atom is 0.191 e. The summed E-state index contributed by atoms with van der Waals surface area (Å²) in [5.74, 6) is 2.01. The molecule has 1 fully saturated rings. The van der Waals surface area contributed by atoms with Gasteiger partial charge in [-0.25, -0.2) is 8.42 Å². The molecule has 0 aromatic heterocycles. The van der Waals surface area contributed by atoms with Gasteiger partial charge in [0.15, 0.2) is 15.8 Å². The van der Waals surface area contributed by atoms with Gasteiger partial charge >= 0.3 is 0 Å². The lowest BCUT2D eigenvalue weighted by atomic mass is 10.3.